The van der Waals surface area contributed by atoms with Crippen LogP contribution in [0.4, 0.5) is 4.79 Å². The summed E-state index contributed by atoms with van der Waals surface area (Å²) in [4.78, 5) is 19.0. The second kappa shape index (κ2) is 4.72. The number of ether oxygens (including phenoxy) is 1. The van der Waals surface area contributed by atoms with Gasteiger partial charge < -0.3 is 10.1 Å². The third-order valence-electron chi connectivity index (χ3n) is 1.36. The van der Waals surface area contributed by atoms with Crippen LogP contribution in [0.15, 0.2) is 12.4 Å². The minimum atomic E-state index is -0.490. The molecule has 1 amide bonds. The maximum atomic E-state index is 11.2. The average Bonchev–Trinajstić information content (AvgIpc) is 2.14. The van der Waals surface area contributed by atoms with E-state index < -0.39 is 11.7 Å². The Bertz CT molecular complexity index is 319. The molecular formula is C10H14N3O2. The monoisotopic (exact) mass is 208 g/mol. The molecule has 5 heteroatoms. The molecule has 0 unspecified atom stereocenters. The highest BCUT2D eigenvalue weighted by molar-refractivity contribution is 5.67. The quantitative estimate of drug-likeness (QED) is 0.795. The first-order valence-corrected chi connectivity index (χ1v) is 4.62. The molecule has 5 nitrogen and oxygen atoms in total. The topological polar surface area (TPSA) is 64.1 Å². The summed E-state index contributed by atoms with van der Waals surface area (Å²) >= 11 is 0. The fourth-order valence-electron chi connectivity index (χ4n) is 0.853. The van der Waals surface area contributed by atoms with Crippen LogP contribution in [-0.4, -0.2) is 21.7 Å². The maximum absolute atomic E-state index is 11.2. The molecule has 0 saturated carbocycles. The van der Waals surface area contributed by atoms with E-state index >= 15 is 0 Å². The van der Waals surface area contributed by atoms with E-state index in [4.69, 9.17) is 4.74 Å². The van der Waals surface area contributed by atoms with Crippen LogP contribution in [0.3, 0.4) is 0 Å². The second-order valence-electron chi connectivity index (χ2n) is 3.97. The molecular weight excluding hydrogens is 194 g/mol. The standard InChI is InChI=1S/C10H14N3O2/c1-10(2,3)15-9(14)13-7-8-6-11-4-5-12-8/h4-5H,7H2,1-3H3,(H,13,14). The summed E-state index contributed by atoms with van der Waals surface area (Å²) in [5, 5.41) is 2.56. The third kappa shape index (κ3) is 4.95. The van der Waals surface area contributed by atoms with Crippen molar-refractivity contribution in [2.24, 2.45) is 0 Å². The van der Waals surface area contributed by atoms with E-state index in [0.717, 1.165) is 0 Å². The van der Waals surface area contributed by atoms with Crippen molar-refractivity contribution in [1.29, 1.82) is 0 Å². The highest BCUT2D eigenvalue weighted by Crippen LogP contribution is 2.06. The molecule has 0 aromatic carbocycles. The molecule has 15 heavy (non-hydrogen) atoms. The fraction of sp³-hybridized carbons (Fsp3) is 0.500. The number of rotatable bonds is 2. The van der Waals surface area contributed by atoms with E-state index in [2.05, 4.69) is 21.5 Å². The van der Waals surface area contributed by atoms with Gasteiger partial charge in [0.15, 0.2) is 0 Å². The largest absolute Gasteiger partial charge is 0.444 e. The molecule has 1 heterocycles. The highest BCUT2D eigenvalue weighted by Gasteiger charge is 2.15. The summed E-state index contributed by atoms with van der Waals surface area (Å²) in [6.45, 7) is 5.69. The zero-order valence-electron chi connectivity index (χ0n) is 9.07. The lowest BCUT2D eigenvalue weighted by atomic mass is 10.2. The van der Waals surface area contributed by atoms with Gasteiger partial charge in [0.1, 0.15) is 11.8 Å². The first-order chi connectivity index (χ1) is 6.97. The number of aromatic nitrogens is 2. The SMILES string of the molecule is CC(C)(C)OC(=O)NCc1[c]nccn1. The van der Waals surface area contributed by atoms with Crippen molar-refractivity contribution < 1.29 is 9.53 Å². The van der Waals surface area contributed by atoms with Gasteiger partial charge in [-0.15, -0.1) is 0 Å². The van der Waals surface area contributed by atoms with E-state index in [1.807, 2.05) is 0 Å². The van der Waals surface area contributed by atoms with Crippen molar-refractivity contribution in [3.05, 3.63) is 24.3 Å². The third-order valence-corrected chi connectivity index (χ3v) is 1.36. The van der Waals surface area contributed by atoms with Crippen molar-refractivity contribution in [1.82, 2.24) is 15.3 Å². The molecule has 1 aromatic rings. The maximum Gasteiger partial charge on any atom is 0.407 e. The summed E-state index contributed by atoms with van der Waals surface area (Å²) in [6.07, 6.45) is 5.25. The number of nitrogens with one attached hydrogen (secondary N) is 1. The summed E-state index contributed by atoms with van der Waals surface area (Å²) in [5.41, 5.74) is 0.0826. The Hall–Kier alpha value is -1.65. The van der Waals surface area contributed by atoms with Gasteiger partial charge in [0.25, 0.3) is 0 Å². The molecule has 0 saturated heterocycles. The number of amides is 1. The second-order valence-corrected chi connectivity index (χ2v) is 3.97. The van der Waals surface area contributed by atoms with E-state index in [0.29, 0.717) is 5.69 Å². The molecule has 0 fully saturated rings. The van der Waals surface area contributed by atoms with Gasteiger partial charge in [0, 0.05) is 12.4 Å². The van der Waals surface area contributed by atoms with Crippen LogP contribution in [0.1, 0.15) is 26.5 Å². The molecule has 0 aliphatic rings. The number of alkyl carbamates (subject to hydrolysis) is 1. The zero-order chi connectivity index (χ0) is 11.3. The van der Waals surface area contributed by atoms with Crippen molar-refractivity contribution in [2.45, 2.75) is 32.9 Å². The molecule has 81 valence electrons. The van der Waals surface area contributed by atoms with E-state index in [1.165, 1.54) is 6.20 Å². The van der Waals surface area contributed by atoms with Crippen LogP contribution in [0.25, 0.3) is 0 Å². The number of nitrogens with zero attached hydrogens (tertiary/aromatic N) is 2. The lowest BCUT2D eigenvalue weighted by molar-refractivity contribution is 0.0523. The summed E-state index contributed by atoms with van der Waals surface area (Å²) in [7, 11) is 0. The van der Waals surface area contributed by atoms with Crippen LogP contribution in [0, 0.1) is 6.20 Å². The van der Waals surface area contributed by atoms with Gasteiger partial charge in [-0.05, 0) is 20.8 Å². The number of carbonyl (C=O) groups excluding carboxylic acids is 1. The Morgan fingerprint density at radius 2 is 2.27 bits per heavy atom. The molecule has 0 aliphatic heterocycles. The van der Waals surface area contributed by atoms with E-state index in [-0.39, 0.29) is 6.54 Å². The molecule has 0 atom stereocenters. The fourth-order valence-corrected chi connectivity index (χ4v) is 0.853. The van der Waals surface area contributed by atoms with Crippen molar-refractivity contribution in [3.63, 3.8) is 0 Å². The molecule has 0 spiro atoms. The van der Waals surface area contributed by atoms with Crippen LogP contribution in [-0.2, 0) is 11.3 Å². The van der Waals surface area contributed by atoms with Gasteiger partial charge in [-0.3, -0.25) is 9.97 Å². The van der Waals surface area contributed by atoms with Gasteiger partial charge in [0.2, 0.25) is 0 Å². The predicted octanol–water partition coefficient (Wildman–Crippen LogP) is 1.30. The average molecular weight is 208 g/mol. The molecule has 0 aliphatic carbocycles. The van der Waals surface area contributed by atoms with Gasteiger partial charge >= 0.3 is 6.09 Å². The van der Waals surface area contributed by atoms with E-state index in [9.17, 15) is 4.79 Å². The smallest absolute Gasteiger partial charge is 0.407 e. The molecule has 1 N–H and O–H groups in total. The lowest BCUT2D eigenvalue weighted by Gasteiger charge is -2.19. The Kier molecular flexibility index (Phi) is 3.60. The van der Waals surface area contributed by atoms with Crippen LogP contribution in [0.5, 0.6) is 0 Å². The predicted molar refractivity (Wildman–Crippen MR) is 53.9 cm³/mol. The van der Waals surface area contributed by atoms with Crippen LogP contribution < -0.4 is 5.32 Å². The summed E-state index contributed by atoms with van der Waals surface area (Å²) in [6, 6.07) is 0. The van der Waals surface area contributed by atoms with Gasteiger partial charge in [-0.25, -0.2) is 4.79 Å². The van der Waals surface area contributed by atoms with Gasteiger partial charge in [-0.1, -0.05) is 0 Å². The lowest BCUT2D eigenvalue weighted by Crippen LogP contribution is -2.32. The van der Waals surface area contributed by atoms with Crippen molar-refractivity contribution in [2.75, 3.05) is 0 Å². The molecule has 1 rings (SSSR count). The van der Waals surface area contributed by atoms with Crippen molar-refractivity contribution in [3.8, 4) is 0 Å². The number of hydrogen-bond donors (Lipinski definition) is 1. The molecule has 0 bridgehead atoms. The van der Waals surface area contributed by atoms with Crippen LogP contribution in [0.2, 0.25) is 0 Å². The van der Waals surface area contributed by atoms with Gasteiger partial charge in [-0.2, -0.15) is 0 Å². The Balaban J connectivity index is 2.35. The minimum Gasteiger partial charge on any atom is -0.444 e. The summed E-state index contributed by atoms with van der Waals surface area (Å²) in [5.74, 6) is 0. The van der Waals surface area contributed by atoms with Crippen molar-refractivity contribution >= 4 is 6.09 Å². The zero-order valence-corrected chi connectivity index (χ0v) is 9.07. The molecule has 1 radical (unpaired) electrons. The van der Waals surface area contributed by atoms with Gasteiger partial charge in [0.05, 0.1) is 12.2 Å². The Morgan fingerprint density at radius 3 is 2.80 bits per heavy atom. The first kappa shape index (κ1) is 11.4. The Labute approximate surface area is 88.9 Å². The molecule has 1 aromatic heterocycles. The normalized spacial score (nSPS) is 10.9. The first-order valence-electron chi connectivity index (χ1n) is 4.62. The minimum absolute atomic E-state index is 0.267. The Morgan fingerprint density at radius 1 is 1.53 bits per heavy atom. The van der Waals surface area contributed by atoms with E-state index in [1.54, 1.807) is 27.0 Å². The number of carbonyl (C=O) groups is 1. The highest BCUT2D eigenvalue weighted by atomic mass is 16.6. The van der Waals surface area contributed by atoms with Crippen LogP contribution >= 0.6 is 0 Å². The summed E-state index contributed by atoms with van der Waals surface area (Å²) < 4.78 is 5.05. The number of hydrogen-bond acceptors (Lipinski definition) is 4.